The van der Waals surface area contributed by atoms with Crippen LogP contribution in [0.2, 0.25) is 0 Å². The van der Waals surface area contributed by atoms with E-state index in [1.807, 2.05) is 18.7 Å². The maximum atomic E-state index is 13.5. The van der Waals surface area contributed by atoms with Crippen molar-refractivity contribution in [2.24, 2.45) is 11.7 Å². The monoisotopic (exact) mass is 359 g/mol. The van der Waals surface area contributed by atoms with Gasteiger partial charge in [-0.25, -0.2) is 4.68 Å². The van der Waals surface area contributed by atoms with Crippen LogP contribution in [0.15, 0.2) is 6.07 Å². The minimum atomic E-state index is -4.33. The number of hydrogen-bond acceptors (Lipinski definition) is 4. The largest absolute Gasteiger partial charge is 0.410 e. The first-order valence-corrected chi connectivity index (χ1v) is 8.58. The first kappa shape index (κ1) is 18.0. The zero-order valence-corrected chi connectivity index (χ0v) is 14.4. The quantitative estimate of drug-likeness (QED) is 0.863. The molecule has 0 aliphatic carbocycles. The zero-order valence-electron chi connectivity index (χ0n) is 14.4. The SMILES string of the molecule is CC(C)[C@@H]1C[C@H](C(F)(F)F)n2nc([C@H]3CCN(CC(N)=O)C3)cc2N1. The second kappa shape index (κ2) is 6.51. The second-order valence-electron chi connectivity index (χ2n) is 7.37. The van der Waals surface area contributed by atoms with Crippen molar-refractivity contribution < 1.29 is 18.0 Å². The Morgan fingerprint density at radius 1 is 1.48 bits per heavy atom. The van der Waals surface area contributed by atoms with Crippen molar-refractivity contribution in [2.75, 3.05) is 25.0 Å². The average molecular weight is 359 g/mol. The number of carbonyl (C=O) groups excluding carboxylic acids is 1. The number of hydrogen-bond donors (Lipinski definition) is 2. The third-order valence-electron chi connectivity index (χ3n) is 5.11. The Morgan fingerprint density at radius 2 is 2.20 bits per heavy atom. The molecule has 1 fully saturated rings. The summed E-state index contributed by atoms with van der Waals surface area (Å²) >= 11 is 0. The van der Waals surface area contributed by atoms with E-state index in [0.29, 0.717) is 24.6 Å². The number of alkyl halides is 3. The summed E-state index contributed by atoms with van der Waals surface area (Å²) in [5.41, 5.74) is 5.86. The molecule has 1 aromatic heterocycles. The Balaban J connectivity index is 1.83. The van der Waals surface area contributed by atoms with Gasteiger partial charge in [-0.15, -0.1) is 0 Å². The molecule has 2 aliphatic rings. The highest BCUT2D eigenvalue weighted by Gasteiger charge is 2.47. The molecule has 0 spiro atoms. The van der Waals surface area contributed by atoms with Crippen LogP contribution in [0.5, 0.6) is 0 Å². The van der Waals surface area contributed by atoms with Gasteiger partial charge in [-0.05, 0) is 25.3 Å². The molecule has 1 amide bonds. The molecule has 0 radical (unpaired) electrons. The number of likely N-dealkylation sites (tertiary alicyclic amines) is 1. The molecule has 25 heavy (non-hydrogen) atoms. The highest BCUT2D eigenvalue weighted by Crippen LogP contribution is 2.42. The molecule has 3 atom stereocenters. The summed E-state index contributed by atoms with van der Waals surface area (Å²) in [4.78, 5) is 13.0. The molecule has 0 bridgehead atoms. The molecule has 0 aromatic carbocycles. The van der Waals surface area contributed by atoms with Crippen molar-refractivity contribution in [1.82, 2.24) is 14.7 Å². The number of fused-ring (bicyclic) bond motifs is 1. The predicted octanol–water partition coefficient (Wildman–Crippen LogP) is 2.10. The molecule has 3 N–H and O–H groups in total. The number of nitrogens with two attached hydrogens (primary N) is 1. The molecule has 3 heterocycles. The average Bonchev–Trinajstić information content (AvgIpc) is 3.10. The number of halogens is 3. The molecule has 2 aliphatic heterocycles. The van der Waals surface area contributed by atoms with E-state index in [1.165, 1.54) is 0 Å². The zero-order chi connectivity index (χ0) is 18.4. The van der Waals surface area contributed by atoms with E-state index < -0.39 is 18.1 Å². The van der Waals surface area contributed by atoms with Gasteiger partial charge in [-0.2, -0.15) is 18.3 Å². The minimum Gasteiger partial charge on any atom is -0.369 e. The second-order valence-corrected chi connectivity index (χ2v) is 7.37. The Bertz CT molecular complexity index is 642. The van der Waals surface area contributed by atoms with Crippen LogP contribution in [0.1, 0.15) is 44.3 Å². The van der Waals surface area contributed by atoms with Crippen LogP contribution in [-0.4, -0.2) is 52.4 Å². The number of anilines is 1. The van der Waals surface area contributed by atoms with Gasteiger partial charge in [-0.1, -0.05) is 13.8 Å². The molecule has 3 rings (SSSR count). The van der Waals surface area contributed by atoms with E-state index in [1.54, 1.807) is 6.07 Å². The fourth-order valence-corrected chi connectivity index (χ4v) is 3.70. The summed E-state index contributed by atoms with van der Waals surface area (Å²) in [7, 11) is 0. The highest BCUT2D eigenvalue weighted by atomic mass is 19.4. The minimum absolute atomic E-state index is 0.0191. The molecule has 1 aromatic rings. The van der Waals surface area contributed by atoms with Gasteiger partial charge in [0.15, 0.2) is 6.04 Å². The van der Waals surface area contributed by atoms with Gasteiger partial charge in [0, 0.05) is 24.6 Å². The van der Waals surface area contributed by atoms with E-state index >= 15 is 0 Å². The topological polar surface area (TPSA) is 76.2 Å². The summed E-state index contributed by atoms with van der Waals surface area (Å²) in [6.07, 6.45) is -3.59. The van der Waals surface area contributed by atoms with Crippen LogP contribution in [0, 0.1) is 5.92 Å². The third kappa shape index (κ3) is 3.75. The Hall–Kier alpha value is -1.77. The number of aromatic nitrogens is 2. The van der Waals surface area contributed by atoms with Gasteiger partial charge in [0.25, 0.3) is 0 Å². The fourth-order valence-electron chi connectivity index (χ4n) is 3.70. The summed E-state index contributed by atoms with van der Waals surface area (Å²) in [5, 5.41) is 7.48. The maximum Gasteiger partial charge on any atom is 0.410 e. The lowest BCUT2D eigenvalue weighted by atomic mass is 9.94. The molecule has 0 unspecified atom stereocenters. The normalized spacial score (nSPS) is 27.4. The van der Waals surface area contributed by atoms with E-state index in [-0.39, 0.29) is 30.8 Å². The van der Waals surface area contributed by atoms with E-state index in [0.717, 1.165) is 11.1 Å². The predicted molar refractivity (Wildman–Crippen MR) is 87.2 cm³/mol. The number of carbonyl (C=O) groups is 1. The maximum absolute atomic E-state index is 13.5. The number of primary amides is 1. The van der Waals surface area contributed by atoms with Crippen molar-refractivity contribution in [3.63, 3.8) is 0 Å². The number of amides is 1. The van der Waals surface area contributed by atoms with Crippen LogP contribution >= 0.6 is 0 Å². The van der Waals surface area contributed by atoms with Gasteiger partial charge >= 0.3 is 6.18 Å². The van der Waals surface area contributed by atoms with Crippen LogP contribution in [0.25, 0.3) is 0 Å². The Morgan fingerprint density at radius 3 is 2.80 bits per heavy atom. The molecule has 0 saturated carbocycles. The smallest absolute Gasteiger partial charge is 0.369 e. The van der Waals surface area contributed by atoms with Gasteiger partial charge in [0.1, 0.15) is 5.82 Å². The van der Waals surface area contributed by atoms with Crippen molar-refractivity contribution in [1.29, 1.82) is 0 Å². The lowest BCUT2D eigenvalue weighted by molar-refractivity contribution is -0.174. The standard InChI is InChI=1S/C16H24F3N5O/c1-9(2)11-5-13(16(17,18)19)24-15(21-11)6-12(22-24)10-3-4-23(7-10)8-14(20)25/h6,9-11,13,21H,3-5,7-8H2,1-2H3,(H2,20,25)/t10-,11-,13+/m0/s1. The van der Waals surface area contributed by atoms with Gasteiger partial charge in [-0.3, -0.25) is 9.69 Å². The summed E-state index contributed by atoms with van der Waals surface area (Å²) in [6, 6.07) is -0.113. The van der Waals surface area contributed by atoms with Crippen LogP contribution in [-0.2, 0) is 4.79 Å². The molecular formula is C16H24F3N5O. The van der Waals surface area contributed by atoms with Gasteiger partial charge < -0.3 is 11.1 Å². The van der Waals surface area contributed by atoms with Gasteiger partial charge in [0.2, 0.25) is 5.91 Å². The lowest BCUT2D eigenvalue weighted by Crippen LogP contribution is -2.41. The summed E-state index contributed by atoms with van der Waals surface area (Å²) in [6.45, 7) is 5.28. The first-order valence-electron chi connectivity index (χ1n) is 8.58. The van der Waals surface area contributed by atoms with Crippen molar-refractivity contribution in [3.05, 3.63) is 11.8 Å². The van der Waals surface area contributed by atoms with Crippen LogP contribution < -0.4 is 11.1 Å². The number of nitrogens with one attached hydrogen (secondary N) is 1. The third-order valence-corrected chi connectivity index (χ3v) is 5.11. The van der Waals surface area contributed by atoms with E-state index in [2.05, 4.69) is 10.4 Å². The molecular weight excluding hydrogens is 335 g/mol. The highest BCUT2D eigenvalue weighted by molar-refractivity contribution is 5.75. The summed E-state index contributed by atoms with van der Waals surface area (Å²) in [5.74, 6) is 0.138. The van der Waals surface area contributed by atoms with Crippen molar-refractivity contribution >= 4 is 11.7 Å². The van der Waals surface area contributed by atoms with Gasteiger partial charge in [0.05, 0.1) is 12.2 Å². The Labute approximate surface area is 144 Å². The van der Waals surface area contributed by atoms with Crippen molar-refractivity contribution in [3.8, 4) is 0 Å². The first-order chi connectivity index (χ1) is 11.6. The van der Waals surface area contributed by atoms with E-state index in [9.17, 15) is 18.0 Å². The molecule has 6 nitrogen and oxygen atoms in total. The fraction of sp³-hybridized carbons (Fsp3) is 0.750. The molecule has 1 saturated heterocycles. The lowest BCUT2D eigenvalue weighted by Gasteiger charge is -2.35. The number of rotatable bonds is 4. The molecule has 9 heteroatoms. The Kier molecular flexibility index (Phi) is 4.70. The molecule has 140 valence electrons. The van der Waals surface area contributed by atoms with Crippen LogP contribution in [0.3, 0.4) is 0 Å². The van der Waals surface area contributed by atoms with Crippen LogP contribution in [0.4, 0.5) is 19.0 Å². The number of nitrogens with zero attached hydrogens (tertiary/aromatic N) is 3. The van der Waals surface area contributed by atoms with E-state index in [4.69, 9.17) is 5.73 Å². The van der Waals surface area contributed by atoms with Crippen molar-refractivity contribution in [2.45, 2.75) is 50.9 Å². The summed E-state index contributed by atoms with van der Waals surface area (Å²) < 4.78 is 41.6.